The molecule has 2 aliphatic rings. The number of ether oxygens (including phenoxy) is 2. The van der Waals surface area contributed by atoms with E-state index in [-0.39, 0.29) is 5.97 Å². The minimum atomic E-state index is -0.404. The summed E-state index contributed by atoms with van der Waals surface area (Å²) in [6, 6.07) is 10.5. The summed E-state index contributed by atoms with van der Waals surface area (Å²) in [7, 11) is 0. The second-order valence-corrected chi connectivity index (χ2v) is 7.07. The molecule has 3 rings (SSSR count). The van der Waals surface area contributed by atoms with Gasteiger partial charge in [-0.05, 0) is 57.7 Å². The van der Waals surface area contributed by atoms with Crippen molar-refractivity contribution in [2.75, 3.05) is 26.3 Å². The number of hydrogen-bond donors (Lipinski definition) is 0. The molecule has 4 nitrogen and oxygen atoms in total. The summed E-state index contributed by atoms with van der Waals surface area (Å²) in [6.45, 7) is 4.84. The van der Waals surface area contributed by atoms with Crippen LogP contribution in [0.15, 0.2) is 30.3 Å². The van der Waals surface area contributed by atoms with E-state index in [0.29, 0.717) is 19.3 Å². The van der Waals surface area contributed by atoms with Crippen molar-refractivity contribution in [3.8, 4) is 5.75 Å². The van der Waals surface area contributed by atoms with E-state index in [1.807, 2.05) is 37.3 Å². The highest BCUT2D eigenvalue weighted by atomic mass is 16.5. The van der Waals surface area contributed by atoms with Crippen molar-refractivity contribution in [2.24, 2.45) is 5.41 Å². The van der Waals surface area contributed by atoms with Crippen LogP contribution in [0.4, 0.5) is 0 Å². The van der Waals surface area contributed by atoms with Gasteiger partial charge < -0.3 is 9.47 Å². The van der Waals surface area contributed by atoms with Gasteiger partial charge in [0.15, 0.2) is 0 Å². The van der Waals surface area contributed by atoms with Crippen LogP contribution < -0.4 is 4.74 Å². The number of para-hydroxylation sites is 1. The molecule has 1 unspecified atom stereocenters. The van der Waals surface area contributed by atoms with Crippen LogP contribution in [0.5, 0.6) is 5.75 Å². The molecule has 1 aliphatic carbocycles. The molecular weight excluding hydrogens is 302 g/mol. The molecule has 132 valence electrons. The molecule has 0 amide bonds. The summed E-state index contributed by atoms with van der Waals surface area (Å²) >= 11 is 0. The van der Waals surface area contributed by atoms with Crippen LogP contribution in [0.1, 0.15) is 45.4 Å². The molecule has 2 fully saturated rings. The number of likely N-dealkylation sites (tertiary alicyclic amines) is 1. The number of carbonyl (C=O) groups is 1. The number of nitrogens with zero attached hydrogens (tertiary/aromatic N) is 1. The van der Waals surface area contributed by atoms with Gasteiger partial charge in [-0.1, -0.05) is 24.6 Å². The lowest BCUT2D eigenvalue weighted by Crippen LogP contribution is -2.54. The molecule has 0 spiro atoms. The van der Waals surface area contributed by atoms with Crippen molar-refractivity contribution < 1.29 is 14.3 Å². The van der Waals surface area contributed by atoms with Gasteiger partial charge >= 0.3 is 5.97 Å². The third kappa shape index (κ3) is 3.92. The fourth-order valence-electron chi connectivity index (χ4n) is 3.87. The predicted molar refractivity (Wildman–Crippen MR) is 94.1 cm³/mol. The Bertz CT molecular complexity index is 529. The Labute approximate surface area is 145 Å². The Morgan fingerprint density at radius 2 is 2.04 bits per heavy atom. The van der Waals surface area contributed by atoms with Gasteiger partial charge in [0.2, 0.25) is 0 Å². The summed E-state index contributed by atoms with van der Waals surface area (Å²) in [5, 5.41) is 0. The van der Waals surface area contributed by atoms with Crippen LogP contribution in [0.3, 0.4) is 0 Å². The Morgan fingerprint density at radius 1 is 1.25 bits per heavy atom. The summed E-state index contributed by atoms with van der Waals surface area (Å²) in [4.78, 5) is 15.3. The lowest BCUT2D eigenvalue weighted by Gasteiger charge is -2.46. The van der Waals surface area contributed by atoms with Crippen LogP contribution in [0, 0.1) is 5.41 Å². The Morgan fingerprint density at radius 3 is 2.71 bits per heavy atom. The highest BCUT2D eigenvalue weighted by Gasteiger charge is 2.45. The summed E-state index contributed by atoms with van der Waals surface area (Å²) < 4.78 is 11.3. The first-order chi connectivity index (χ1) is 11.7. The van der Waals surface area contributed by atoms with Gasteiger partial charge in [0, 0.05) is 12.6 Å². The second-order valence-electron chi connectivity index (χ2n) is 7.07. The van der Waals surface area contributed by atoms with Crippen molar-refractivity contribution in [3.63, 3.8) is 0 Å². The quantitative estimate of drug-likeness (QED) is 0.715. The van der Waals surface area contributed by atoms with E-state index in [4.69, 9.17) is 9.47 Å². The van der Waals surface area contributed by atoms with E-state index in [1.165, 1.54) is 19.3 Å². The lowest BCUT2D eigenvalue weighted by molar-refractivity contribution is -0.161. The third-order valence-corrected chi connectivity index (χ3v) is 5.50. The van der Waals surface area contributed by atoms with Gasteiger partial charge in [-0.3, -0.25) is 9.69 Å². The first-order valence-electron chi connectivity index (χ1n) is 9.33. The third-order valence-electron chi connectivity index (χ3n) is 5.50. The van der Waals surface area contributed by atoms with E-state index < -0.39 is 5.41 Å². The largest absolute Gasteiger partial charge is 0.494 e. The van der Waals surface area contributed by atoms with Gasteiger partial charge in [0.25, 0.3) is 0 Å². The molecule has 1 saturated carbocycles. The number of hydrogen-bond acceptors (Lipinski definition) is 4. The number of benzene rings is 1. The average Bonchev–Trinajstić information content (AvgIpc) is 2.55. The van der Waals surface area contributed by atoms with Crippen molar-refractivity contribution in [1.29, 1.82) is 0 Å². The standard InChI is InChI=1S/C20H29NO3/c1-2-23-19(22)20(13-15-24-18-10-4-3-5-11-18)12-7-14-21(16-20)17-8-6-9-17/h3-5,10-11,17H,2,6-9,12-16H2,1H3. The zero-order chi connectivity index (χ0) is 16.8. The van der Waals surface area contributed by atoms with Crippen LogP contribution in [-0.2, 0) is 9.53 Å². The molecule has 0 bridgehead atoms. The maximum absolute atomic E-state index is 12.7. The van der Waals surface area contributed by atoms with Crippen LogP contribution in [0.25, 0.3) is 0 Å². The monoisotopic (exact) mass is 331 g/mol. The van der Waals surface area contributed by atoms with E-state index in [9.17, 15) is 4.79 Å². The normalized spacial score (nSPS) is 25.0. The lowest BCUT2D eigenvalue weighted by atomic mass is 9.75. The average molecular weight is 331 g/mol. The van der Waals surface area contributed by atoms with Crippen LogP contribution in [0.2, 0.25) is 0 Å². The number of piperidine rings is 1. The summed E-state index contributed by atoms with van der Waals surface area (Å²) in [5.41, 5.74) is -0.404. The molecule has 0 N–H and O–H groups in total. The Hall–Kier alpha value is -1.55. The molecule has 24 heavy (non-hydrogen) atoms. The maximum atomic E-state index is 12.7. The van der Waals surface area contributed by atoms with Gasteiger partial charge in [-0.2, -0.15) is 0 Å². The molecule has 1 heterocycles. The first kappa shape index (κ1) is 17.3. The van der Waals surface area contributed by atoms with Crippen molar-refractivity contribution in [2.45, 2.75) is 51.5 Å². The van der Waals surface area contributed by atoms with E-state index in [1.54, 1.807) is 0 Å². The van der Waals surface area contributed by atoms with E-state index >= 15 is 0 Å². The SMILES string of the molecule is CCOC(=O)C1(CCOc2ccccc2)CCCN(C2CCC2)C1. The highest BCUT2D eigenvalue weighted by molar-refractivity contribution is 5.77. The van der Waals surface area contributed by atoms with Crippen molar-refractivity contribution >= 4 is 5.97 Å². The smallest absolute Gasteiger partial charge is 0.313 e. The second kappa shape index (κ2) is 8.02. The molecular formula is C20H29NO3. The topological polar surface area (TPSA) is 38.8 Å². The highest BCUT2D eigenvalue weighted by Crippen LogP contribution is 2.38. The van der Waals surface area contributed by atoms with Gasteiger partial charge in [-0.25, -0.2) is 0 Å². The van der Waals surface area contributed by atoms with Crippen molar-refractivity contribution in [1.82, 2.24) is 4.90 Å². The minimum Gasteiger partial charge on any atom is -0.494 e. The van der Waals surface area contributed by atoms with Gasteiger partial charge in [-0.15, -0.1) is 0 Å². The predicted octanol–water partition coefficient (Wildman–Crippen LogP) is 3.65. The molecule has 4 heteroatoms. The zero-order valence-electron chi connectivity index (χ0n) is 14.7. The fourth-order valence-corrected chi connectivity index (χ4v) is 3.87. The van der Waals surface area contributed by atoms with Crippen molar-refractivity contribution in [3.05, 3.63) is 30.3 Å². The maximum Gasteiger partial charge on any atom is 0.313 e. The molecule has 1 aromatic carbocycles. The van der Waals surface area contributed by atoms with Gasteiger partial charge in [0.1, 0.15) is 5.75 Å². The molecule has 0 aromatic heterocycles. The minimum absolute atomic E-state index is 0.0364. The molecule has 1 aliphatic heterocycles. The molecule has 1 atom stereocenters. The number of carbonyl (C=O) groups excluding carboxylic acids is 1. The first-order valence-corrected chi connectivity index (χ1v) is 9.33. The summed E-state index contributed by atoms with van der Waals surface area (Å²) in [5.74, 6) is 0.828. The molecule has 0 radical (unpaired) electrons. The van der Waals surface area contributed by atoms with E-state index in [2.05, 4.69) is 4.90 Å². The van der Waals surface area contributed by atoms with E-state index in [0.717, 1.165) is 38.1 Å². The van der Waals surface area contributed by atoms with Crippen LogP contribution in [-0.4, -0.2) is 43.2 Å². The number of rotatable bonds is 7. The van der Waals surface area contributed by atoms with Gasteiger partial charge in [0.05, 0.1) is 18.6 Å². The number of esters is 1. The Kier molecular flexibility index (Phi) is 5.77. The van der Waals surface area contributed by atoms with Crippen LogP contribution >= 0.6 is 0 Å². The summed E-state index contributed by atoms with van der Waals surface area (Å²) in [6.07, 6.45) is 6.58. The fraction of sp³-hybridized carbons (Fsp3) is 0.650. The Balaban J connectivity index is 1.64. The molecule has 1 saturated heterocycles. The zero-order valence-corrected chi connectivity index (χ0v) is 14.7. The molecule has 1 aromatic rings.